The average molecular weight is 473 g/mol. The van der Waals surface area contributed by atoms with Gasteiger partial charge in [-0.3, -0.25) is 9.59 Å². The Morgan fingerprint density at radius 1 is 1.06 bits per heavy atom. The highest BCUT2D eigenvalue weighted by molar-refractivity contribution is 8.00. The molecule has 2 amide bonds. The molecule has 0 spiro atoms. The van der Waals surface area contributed by atoms with Gasteiger partial charge in [-0.1, -0.05) is 11.3 Å². The molecule has 1 fully saturated rings. The van der Waals surface area contributed by atoms with Gasteiger partial charge >= 0.3 is 0 Å². The van der Waals surface area contributed by atoms with Crippen molar-refractivity contribution in [1.82, 2.24) is 4.98 Å². The third kappa shape index (κ3) is 5.90. The molecule has 0 unspecified atom stereocenters. The van der Waals surface area contributed by atoms with Gasteiger partial charge in [0.15, 0.2) is 5.13 Å². The molecule has 32 heavy (non-hydrogen) atoms. The van der Waals surface area contributed by atoms with E-state index in [2.05, 4.69) is 15.5 Å². The predicted molar refractivity (Wildman–Crippen MR) is 130 cm³/mol. The molecule has 0 bridgehead atoms. The minimum Gasteiger partial charge on any atom is -0.497 e. The third-order valence-electron chi connectivity index (χ3n) is 4.78. The zero-order valence-electron chi connectivity index (χ0n) is 17.6. The van der Waals surface area contributed by atoms with E-state index in [0.717, 1.165) is 39.9 Å². The fraction of sp³-hybridized carbons (Fsp3) is 0.318. The number of benzene rings is 2. The Bertz CT molecular complexity index is 1080. The van der Waals surface area contributed by atoms with Crippen LogP contribution in [-0.2, 0) is 14.3 Å². The van der Waals surface area contributed by atoms with Crippen molar-refractivity contribution in [2.45, 2.75) is 0 Å². The number of amides is 2. The lowest BCUT2D eigenvalue weighted by Crippen LogP contribution is -2.36. The SMILES string of the molecule is COc1ccc(NC(=O)CSCC(=O)Nc2ccc3nc(N4CCOCC4)sc3c2)cc1. The predicted octanol–water partition coefficient (Wildman–Crippen LogP) is 3.45. The third-order valence-corrected chi connectivity index (χ3v) is 6.79. The number of thioether (sulfide) groups is 1. The van der Waals surface area contributed by atoms with Crippen LogP contribution in [0.3, 0.4) is 0 Å². The summed E-state index contributed by atoms with van der Waals surface area (Å²) in [6, 6.07) is 12.8. The standard InChI is InChI=1S/C22H24N4O4S2/c1-29-17-5-2-15(3-6-17)23-20(27)13-31-14-21(28)24-16-4-7-18-19(12-16)32-22(25-18)26-8-10-30-11-9-26/h2-7,12H,8-11,13-14H2,1H3,(H,23,27)(H,24,28). The molecule has 0 saturated carbocycles. The van der Waals surface area contributed by atoms with Gasteiger partial charge in [0.1, 0.15) is 5.75 Å². The first-order valence-corrected chi connectivity index (χ1v) is 12.1. The van der Waals surface area contributed by atoms with Crippen LogP contribution >= 0.6 is 23.1 Å². The summed E-state index contributed by atoms with van der Waals surface area (Å²) in [5.41, 5.74) is 2.33. The smallest absolute Gasteiger partial charge is 0.234 e. The number of thiazole rings is 1. The molecule has 0 aliphatic carbocycles. The van der Waals surface area contributed by atoms with E-state index in [-0.39, 0.29) is 23.3 Å². The van der Waals surface area contributed by atoms with Crippen LogP contribution < -0.4 is 20.3 Å². The zero-order chi connectivity index (χ0) is 22.3. The zero-order valence-corrected chi connectivity index (χ0v) is 19.3. The van der Waals surface area contributed by atoms with E-state index in [9.17, 15) is 9.59 Å². The largest absolute Gasteiger partial charge is 0.497 e. The normalized spacial score (nSPS) is 13.7. The van der Waals surface area contributed by atoms with E-state index < -0.39 is 0 Å². The van der Waals surface area contributed by atoms with Gasteiger partial charge < -0.3 is 25.0 Å². The summed E-state index contributed by atoms with van der Waals surface area (Å²) in [5, 5.41) is 6.68. The van der Waals surface area contributed by atoms with Crippen molar-refractivity contribution in [3.63, 3.8) is 0 Å². The number of hydrogen-bond acceptors (Lipinski definition) is 8. The first-order chi connectivity index (χ1) is 15.6. The number of aromatic nitrogens is 1. The molecular weight excluding hydrogens is 448 g/mol. The molecule has 1 saturated heterocycles. The molecule has 1 aromatic heterocycles. The van der Waals surface area contributed by atoms with Crippen molar-refractivity contribution in [2.24, 2.45) is 0 Å². The van der Waals surface area contributed by atoms with Crippen molar-refractivity contribution in [1.29, 1.82) is 0 Å². The van der Waals surface area contributed by atoms with Gasteiger partial charge in [0.05, 0.1) is 42.0 Å². The number of rotatable bonds is 8. The topological polar surface area (TPSA) is 92.8 Å². The monoisotopic (exact) mass is 472 g/mol. The molecule has 168 valence electrons. The molecule has 3 aromatic rings. The molecule has 2 aromatic carbocycles. The van der Waals surface area contributed by atoms with Crippen molar-refractivity contribution in [3.05, 3.63) is 42.5 Å². The lowest BCUT2D eigenvalue weighted by molar-refractivity contribution is -0.114. The molecule has 1 aliphatic heterocycles. The first-order valence-electron chi connectivity index (χ1n) is 10.2. The minimum absolute atomic E-state index is 0.149. The van der Waals surface area contributed by atoms with Crippen molar-refractivity contribution >= 4 is 61.6 Å². The Morgan fingerprint density at radius 2 is 1.72 bits per heavy atom. The van der Waals surface area contributed by atoms with E-state index in [0.29, 0.717) is 18.9 Å². The van der Waals surface area contributed by atoms with Crippen LogP contribution in [0.15, 0.2) is 42.5 Å². The van der Waals surface area contributed by atoms with Crippen LogP contribution in [0.5, 0.6) is 5.75 Å². The summed E-state index contributed by atoms with van der Waals surface area (Å²) in [7, 11) is 1.59. The number of ether oxygens (including phenoxy) is 2. The lowest BCUT2D eigenvalue weighted by Gasteiger charge is -2.25. The minimum atomic E-state index is -0.158. The van der Waals surface area contributed by atoms with Crippen molar-refractivity contribution < 1.29 is 19.1 Å². The number of carbonyl (C=O) groups excluding carboxylic acids is 2. The van der Waals surface area contributed by atoms with E-state index in [1.165, 1.54) is 11.8 Å². The lowest BCUT2D eigenvalue weighted by atomic mass is 10.3. The maximum Gasteiger partial charge on any atom is 0.234 e. The van der Waals surface area contributed by atoms with Gasteiger partial charge in [-0.25, -0.2) is 4.98 Å². The van der Waals surface area contributed by atoms with Gasteiger partial charge in [0.25, 0.3) is 0 Å². The maximum atomic E-state index is 12.3. The number of fused-ring (bicyclic) bond motifs is 1. The molecule has 10 heteroatoms. The van der Waals surface area contributed by atoms with Gasteiger partial charge in [0.2, 0.25) is 11.8 Å². The van der Waals surface area contributed by atoms with E-state index in [1.807, 2.05) is 18.2 Å². The summed E-state index contributed by atoms with van der Waals surface area (Å²) >= 11 is 2.88. The van der Waals surface area contributed by atoms with Crippen LogP contribution in [0.25, 0.3) is 10.2 Å². The Morgan fingerprint density at radius 3 is 2.41 bits per heavy atom. The molecule has 8 nitrogen and oxygen atoms in total. The molecule has 1 aliphatic rings. The van der Waals surface area contributed by atoms with E-state index >= 15 is 0 Å². The second-order valence-electron chi connectivity index (χ2n) is 7.10. The molecule has 2 heterocycles. The highest BCUT2D eigenvalue weighted by atomic mass is 32.2. The summed E-state index contributed by atoms with van der Waals surface area (Å²) in [6.07, 6.45) is 0. The highest BCUT2D eigenvalue weighted by Crippen LogP contribution is 2.31. The van der Waals surface area contributed by atoms with Gasteiger partial charge in [-0.15, -0.1) is 11.8 Å². The quantitative estimate of drug-likeness (QED) is 0.519. The Kier molecular flexibility index (Phi) is 7.46. The van der Waals surface area contributed by atoms with E-state index in [4.69, 9.17) is 14.5 Å². The van der Waals surface area contributed by atoms with Crippen LogP contribution in [-0.4, -0.2) is 61.7 Å². The number of morpholine rings is 1. The second-order valence-corrected chi connectivity index (χ2v) is 9.09. The summed E-state index contributed by atoms with van der Waals surface area (Å²) in [5.74, 6) is 0.800. The van der Waals surface area contributed by atoms with Gasteiger partial charge in [-0.2, -0.15) is 0 Å². The number of hydrogen-bond donors (Lipinski definition) is 2. The average Bonchev–Trinajstić information content (AvgIpc) is 3.24. The first kappa shape index (κ1) is 22.4. The fourth-order valence-electron chi connectivity index (χ4n) is 3.19. The summed E-state index contributed by atoms with van der Waals surface area (Å²) in [4.78, 5) is 31.3. The van der Waals surface area contributed by atoms with Crippen molar-refractivity contribution in [2.75, 3.05) is 60.5 Å². The fourth-order valence-corrected chi connectivity index (χ4v) is 4.86. The number of methoxy groups -OCH3 is 1. The number of nitrogens with zero attached hydrogens (tertiary/aromatic N) is 2. The second kappa shape index (κ2) is 10.7. The molecule has 4 rings (SSSR count). The van der Waals surface area contributed by atoms with Crippen LogP contribution in [0, 0.1) is 0 Å². The number of carbonyl (C=O) groups is 2. The summed E-state index contributed by atoms with van der Waals surface area (Å²) < 4.78 is 11.5. The van der Waals surface area contributed by atoms with Gasteiger partial charge in [0, 0.05) is 24.5 Å². The van der Waals surface area contributed by atoms with Crippen LogP contribution in [0.1, 0.15) is 0 Å². The van der Waals surface area contributed by atoms with Crippen molar-refractivity contribution in [3.8, 4) is 5.75 Å². The highest BCUT2D eigenvalue weighted by Gasteiger charge is 2.16. The van der Waals surface area contributed by atoms with Crippen LogP contribution in [0.4, 0.5) is 16.5 Å². The van der Waals surface area contributed by atoms with Crippen LogP contribution in [0.2, 0.25) is 0 Å². The molecule has 0 atom stereocenters. The molecule has 2 N–H and O–H groups in total. The van der Waals surface area contributed by atoms with E-state index in [1.54, 1.807) is 42.7 Å². The Labute approximate surface area is 194 Å². The molecular formula is C22H24N4O4S2. The number of anilines is 3. The maximum absolute atomic E-state index is 12.3. The summed E-state index contributed by atoms with van der Waals surface area (Å²) in [6.45, 7) is 3.11. The molecule has 0 radical (unpaired) electrons. The van der Waals surface area contributed by atoms with Gasteiger partial charge in [-0.05, 0) is 42.5 Å². The number of nitrogens with one attached hydrogen (secondary N) is 2. The Balaban J connectivity index is 1.24. The Hall–Kier alpha value is -2.82.